The smallest absolute Gasteiger partial charge is 0.276 e. The molecular weight excluding hydrogens is 400 g/mol. The summed E-state index contributed by atoms with van der Waals surface area (Å²) < 4.78 is 35.8. The van der Waals surface area contributed by atoms with Crippen molar-refractivity contribution in [2.75, 3.05) is 13.2 Å². The van der Waals surface area contributed by atoms with Crippen molar-refractivity contribution in [3.63, 3.8) is 0 Å². The fourth-order valence-corrected chi connectivity index (χ4v) is 3.28. The molecule has 152 valence electrons. The normalized spacial score (nSPS) is 11.5. The molecule has 8 heteroatoms. The first-order chi connectivity index (χ1) is 13.5. The number of ether oxygens (including phenoxy) is 2. The van der Waals surface area contributed by atoms with Crippen LogP contribution in [0.5, 0.6) is 11.5 Å². The summed E-state index contributed by atoms with van der Waals surface area (Å²) in [4.78, 5) is 2.27. The Balaban J connectivity index is 2.05. The number of nitrogens with zero attached hydrogens (tertiary/aromatic N) is 1. The highest BCUT2D eigenvalue weighted by Gasteiger charge is 2.12. The molecule has 0 atom stereocenters. The number of benzene rings is 2. The van der Waals surface area contributed by atoms with E-state index >= 15 is 0 Å². The minimum Gasteiger partial charge on any atom is -0.490 e. The van der Waals surface area contributed by atoms with Crippen LogP contribution in [0, 0.1) is 0 Å². The minimum absolute atomic E-state index is 0.0832. The van der Waals surface area contributed by atoms with Crippen LogP contribution in [-0.2, 0) is 10.0 Å². The quantitative estimate of drug-likeness (QED) is 0.324. The Bertz CT molecular complexity index is 884. The van der Waals surface area contributed by atoms with Crippen LogP contribution in [0.15, 0.2) is 52.5 Å². The fourth-order valence-electron chi connectivity index (χ4n) is 2.36. The van der Waals surface area contributed by atoms with E-state index in [2.05, 4.69) is 16.9 Å². The van der Waals surface area contributed by atoms with Crippen molar-refractivity contribution in [1.82, 2.24) is 4.83 Å². The molecule has 0 spiro atoms. The van der Waals surface area contributed by atoms with Crippen LogP contribution >= 0.6 is 11.6 Å². The van der Waals surface area contributed by atoms with Gasteiger partial charge in [-0.3, -0.25) is 0 Å². The lowest BCUT2D eigenvalue weighted by Gasteiger charge is -2.12. The van der Waals surface area contributed by atoms with E-state index in [1.54, 1.807) is 18.2 Å². The zero-order valence-electron chi connectivity index (χ0n) is 16.0. The lowest BCUT2D eigenvalue weighted by atomic mass is 10.2. The molecule has 0 amide bonds. The van der Waals surface area contributed by atoms with Crippen molar-refractivity contribution in [3.05, 3.63) is 53.1 Å². The highest BCUT2D eigenvalue weighted by atomic mass is 35.5. The number of hydrogen-bond donors (Lipinski definition) is 1. The van der Waals surface area contributed by atoms with Gasteiger partial charge in [-0.1, -0.05) is 31.4 Å². The topological polar surface area (TPSA) is 77.0 Å². The Morgan fingerprint density at radius 2 is 1.79 bits per heavy atom. The van der Waals surface area contributed by atoms with Crippen LogP contribution in [0.25, 0.3) is 0 Å². The third-order valence-electron chi connectivity index (χ3n) is 3.78. The molecule has 2 rings (SSSR count). The predicted molar refractivity (Wildman–Crippen MR) is 112 cm³/mol. The third kappa shape index (κ3) is 6.73. The molecule has 0 radical (unpaired) electrons. The first-order valence-corrected chi connectivity index (χ1v) is 11.0. The Hall–Kier alpha value is -2.25. The van der Waals surface area contributed by atoms with Gasteiger partial charge in [0.15, 0.2) is 11.5 Å². The first kappa shape index (κ1) is 22.0. The molecule has 0 aliphatic rings. The number of unbranched alkanes of at least 4 members (excludes halogenated alkanes) is 2. The van der Waals surface area contributed by atoms with E-state index in [0.717, 1.165) is 19.3 Å². The molecule has 28 heavy (non-hydrogen) atoms. The molecule has 6 nitrogen and oxygen atoms in total. The van der Waals surface area contributed by atoms with Gasteiger partial charge in [-0.05, 0) is 61.4 Å². The summed E-state index contributed by atoms with van der Waals surface area (Å²) in [6, 6.07) is 11.2. The second-order valence-corrected chi connectivity index (χ2v) is 8.10. The van der Waals surface area contributed by atoms with Gasteiger partial charge in [-0.25, -0.2) is 4.83 Å². The number of sulfonamides is 1. The molecule has 0 fully saturated rings. The van der Waals surface area contributed by atoms with Crippen molar-refractivity contribution >= 4 is 27.8 Å². The van der Waals surface area contributed by atoms with Crippen LogP contribution in [0.2, 0.25) is 5.02 Å². The first-order valence-electron chi connectivity index (χ1n) is 9.16. The van der Waals surface area contributed by atoms with Gasteiger partial charge in [0.2, 0.25) is 0 Å². The maximum absolute atomic E-state index is 12.2. The van der Waals surface area contributed by atoms with Gasteiger partial charge in [-0.2, -0.15) is 13.5 Å². The Morgan fingerprint density at radius 3 is 2.46 bits per heavy atom. The van der Waals surface area contributed by atoms with E-state index in [0.29, 0.717) is 35.3 Å². The van der Waals surface area contributed by atoms with E-state index < -0.39 is 10.0 Å². The summed E-state index contributed by atoms with van der Waals surface area (Å²) in [6.45, 7) is 5.15. The van der Waals surface area contributed by atoms with Crippen molar-refractivity contribution in [2.24, 2.45) is 5.10 Å². The number of nitrogens with one attached hydrogen (secondary N) is 1. The maximum atomic E-state index is 12.2. The van der Waals surface area contributed by atoms with Crippen molar-refractivity contribution < 1.29 is 17.9 Å². The number of hydrogen-bond acceptors (Lipinski definition) is 5. The maximum Gasteiger partial charge on any atom is 0.276 e. The van der Waals surface area contributed by atoms with Crippen LogP contribution < -0.4 is 14.3 Å². The van der Waals surface area contributed by atoms with Gasteiger partial charge in [0, 0.05) is 5.02 Å². The molecule has 2 aromatic carbocycles. The van der Waals surface area contributed by atoms with Gasteiger partial charge in [0.25, 0.3) is 10.0 Å². The Morgan fingerprint density at radius 1 is 1.04 bits per heavy atom. The van der Waals surface area contributed by atoms with Crippen molar-refractivity contribution in [1.29, 1.82) is 0 Å². The molecule has 0 aliphatic heterocycles. The minimum atomic E-state index is -3.76. The highest BCUT2D eigenvalue weighted by Crippen LogP contribution is 2.28. The third-order valence-corrected chi connectivity index (χ3v) is 5.27. The van der Waals surface area contributed by atoms with Crippen molar-refractivity contribution in [3.8, 4) is 11.5 Å². The molecule has 1 N–H and O–H groups in total. The van der Waals surface area contributed by atoms with Crippen molar-refractivity contribution in [2.45, 2.75) is 38.0 Å². The van der Waals surface area contributed by atoms with E-state index in [9.17, 15) is 8.42 Å². The molecule has 0 unspecified atom stereocenters. The average molecular weight is 425 g/mol. The standard InChI is InChI=1S/C20H25ClN2O4S/c1-3-5-6-13-27-19-12-7-16(14-20(19)26-4-2)15-22-23-28(24,25)18-10-8-17(21)9-11-18/h7-12,14-15,23H,3-6,13H2,1-2H3/b22-15+. The SMILES string of the molecule is CCCCCOc1ccc(/C=N/NS(=O)(=O)c2ccc(Cl)cc2)cc1OCC. The molecule has 0 aliphatic carbocycles. The molecule has 0 bridgehead atoms. The van der Waals surface area contributed by atoms with Crippen LogP contribution in [0.1, 0.15) is 38.7 Å². The number of rotatable bonds is 11. The second-order valence-electron chi connectivity index (χ2n) is 6.00. The highest BCUT2D eigenvalue weighted by molar-refractivity contribution is 7.89. The van der Waals surface area contributed by atoms with E-state index in [4.69, 9.17) is 21.1 Å². The van der Waals surface area contributed by atoms with Crippen LogP contribution in [-0.4, -0.2) is 27.8 Å². The van der Waals surface area contributed by atoms with Gasteiger partial charge >= 0.3 is 0 Å². The fraction of sp³-hybridized carbons (Fsp3) is 0.350. The number of hydrazone groups is 1. The molecular formula is C20H25ClN2O4S. The van der Waals surface area contributed by atoms with Gasteiger partial charge in [0.1, 0.15) is 0 Å². The Labute approximate surface area is 171 Å². The second kappa shape index (κ2) is 10.9. The van der Waals surface area contributed by atoms with E-state index in [1.165, 1.54) is 30.5 Å². The summed E-state index contributed by atoms with van der Waals surface area (Å²) >= 11 is 5.78. The summed E-state index contributed by atoms with van der Waals surface area (Å²) in [6.07, 6.45) is 4.64. The van der Waals surface area contributed by atoms with Crippen LogP contribution in [0.4, 0.5) is 0 Å². The molecule has 0 aromatic heterocycles. The molecule has 0 heterocycles. The Kier molecular flexibility index (Phi) is 8.60. The van der Waals surface area contributed by atoms with E-state index in [1.807, 2.05) is 6.92 Å². The number of halogens is 1. The monoisotopic (exact) mass is 424 g/mol. The lowest BCUT2D eigenvalue weighted by molar-refractivity contribution is 0.271. The lowest BCUT2D eigenvalue weighted by Crippen LogP contribution is -2.18. The van der Waals surface area contributed by atoms with Gasteiger partial charge in [-0.15, -0.1) is 0 Å². The molecule has 2 aromatic rings. The summed E-state index contributed by atoms with van der Waals surface area (Å²) in [7, 11) is -3.76. The summed E-state index contributed by atoms with van der Waals surface area (Å²) in [5, 5.41) is 4.30. The van der Waals surface area contributed by atoms with Gasteiger partial charge in [0.05, 0.1) is 24.3 Å². The average Bonchev–Trinajstić information content (AvgIpc) is 2.67. The van der Waals surface area contributed by atoms with Gasteiger partial charge < -0.3 is 9.47 Å². The van der Waals surface area contributed by atoms with E-state index in [-0.39, 0.29) is 4.90 Å². The summed E-state index contributed by atoms with van der Waals surface area (Å²) in [5.41, 5.74) is 0.683. The molecule has 0 saturated heterocycles. The predicted octanol–water partition coefficient (Wildman–Crippen LogP) is 4.62. The zero-order chi connectivity index (χ0) is 20.4. The molecule has 0 saturated carbocycles. The van der Waals surface area contributed by atoms with Crippen LogP contribution in [0.3, 0.4) is 0 Å². The largest absolute Gasteiger partial charge is 0.490 e. The summed E-state index contributed by atoms with van der Waals surface area (Å²) in [5.74, 6) is 1.26. The zero-order valence-corrected chi connectivity index (χ0v) is 17.6.